The number of alkyl halides is 3. The Kier molecular flexibility index (Phi) is 4.29. The highest BCUT2D eigenvalue weighted by Gasteiger charge is 2.33. The molecular formula is C11H6F3N2O2S2-. The molecule has 0 aliphatic rings. The molecule has 0 bridgehead atoms. The van der Waals surface area contributed by atoms with Gasteiger partial charge in [-0.05, 0) is 17.5 Å². The first kappa shape index (κ1) is 14.8. The van der Waals surface area contributed by atoms with Gasteiger partial charge in [-0.2, -0.15) is 13.2 Å². The summed E-state index contributed by atoms with van der Waals surface area (Å²) in [7, 11) is 0. The number of hydrogen-bond donors (Lipinski definition) is 0. The summed E-state index contributed by atoms with van der Waals surface area (Å²) in [5.41, 5.74) is -0.986. The van der Waals surface area contributed by atoms with Crippen LogP contribution >= 0.6 is 23.1 Å². The SMILES string of the molecule is O=C([O-])CSc1nc(-c2cccs2)cc(C(F)(F)F)n1. The zero-order chi connectivity index (χ0) is 14.8. The van der Waals surface area contributed by atoms with Gasteiger partial charge in [0, 0.05) is 5.75 Å². The predicted octanol–water partition coefficient (Wildman–Crippen LogP) is 2.07. The monoisotopic (exact) mass is 319 g/mol. The number of halogens is 3. The van der Waals surface area contributed by atoms with Crippen molar-refractivity contribution in [3.63, 3.8) is 0 Å². The van der Waals surface area contributed by atoms with Gasteiger partial charge in [0.25, 0.3) is 0 Å². The number of carboxylic acid groups (broad SMARTS) is 1. The molecule has 0 saturated carbocycles. The minimum atomic E-state index is -4.62. The summed E-state index contributed by atoms with van der Waals surface area (Å²) in [6.07, 6.45) is -4.62. The molecule has 0 aliphatic heterocycles. The van der Waals surface area contributed by atoms with Crippen LogP contribution in [0.4, 0.5) is 13.2 Å². The molecule has 4 nitrogen and oxygen atoms in total. The molecule has 2 rings (SSSR count). The van der Waals surface area contributed by atoms with Crippen molar-refractivity contribution in [1.29, 1.82) is 0 Å². The van der Waals surface area contributed by atoms with Crippen molar-refractivity contribution in [2.75, 3.05) is 5.75 Å². The summed E-state index contributed by atoms with van der Waals surface area (Å²) in [5, 5.41) is 11.8. The lowest BCUT2D eigenvalue weighted by Crippen LogP contribution is -2.24. The van der Waals surface area contributed by atoms with Gasteiger partial charge in [-0.15, -0.1) is 11.3 Å². The van der Waals surface area contributed by atoms with Crippen LogP contribution in [-0.2, 0) is 11.0 Å². The van der Waals surface area contributed by atoms with Crippen molar-refractivity contribution in [1.82, 2.24) is 9.97 Å². The van der Waals surface area contributed by atoms with E-state index in [0.717, 1.165) is 6.07 Å². The second kappa shape index (κ2) is 5.80. The van der Waals surface area contributed by atoms with Crippen LogP contribution in [0.1, 0.15) is 5.69 Å². The van der Waals surface area contributed by atoms with Crippen molar-refractivity contribution >= 4 is 29.1 Å². The molecule has 0 radical (unpaired) electrons. The molecule has 0 aromatic carbocycles. The number of rotatable bonds is 4. The molecule has 2 aromatic rings. The van der Waals surface area contributed by atoms with Gasteiger partial charge in [0.15, 0.2) is 5.16 Å². The first-order chi connectivity index (χ1) is 9.36. The first-order valence-electron chi connectivity index (χ1n) is 5.19. The maximum Gasteiger partial charge on any atom is 0.433 e. The summed E-state index contributed by atoms with van der Waals surface area (Å²) < 4.78 is 38.3. The Morgan fingerprint density at radius 1 is 1.40 bits per heavy atom. The van der Waals surface area contributed by atoms with Gasteiger partial charge in [0.2, 0.25) is 0 Å². The van der Waals surface area contributed by atoms with Gasteiger partial charge in [-0.3, -0.25) is 0 Å². The fraction of sp³-hybridized carbons (Fsp3) is 0.182. The summed E-state index contributed by atoms with van der Waals surface area (Å²) >= 11 is 1.82. The van der Waals surface area contributed by atoms with E-state index in [1.807, 2.05) is 0 Å². The van der Waals surface area contributed by atoms with E-state index in [1.54, 1.807) is 17.5 Å². The number of aliphatic carboxylic acids is 1. The van der Waals surface area contributed by atoms with Crippen molar-refractivity contribution in [3.8, 4) is 10.6 Å². The normalized spacial score (nSPS) is 11.6. The van der Waals surface area contributed by atoms with Crippen LogP contribution in [0.5, 0.6) is 0 Å². The van der Waals surface area contributed by atoms with Crippen LogP contribution in [0, 0.1) is 0 Å². The average molecular weight is 319 g/mol. The molecule has 0 atom stereocenters. The Hall–Kier alpha value is -1.61. The fourth-order valence-corrected chi connectivity index (χ4v) is 2.57. The molecule has 106 valence electrons. The number of hydrogen-bond acceptors (Lipinski definition) is 6. The van der Waals surface area contributed by atoms with Crippen LogP contribution in [0.3, 0.4) is 0 Å². The highest BCUT2D eigenvalue weighted by atomic mass is 32.2. The van der Waals surface area contributed by atoms with E-state index in [4.69, 9.17) is 0 Å². The molecule has 0 spiro atoms. The number of carboxylic acids is 1. The highest BCUT2D eigenvalue weighted by Crippen LogP contribution is 2.33. The smallest absolute Gasteiger partial charge is 0.433 e. The Morgan fingerprint density at radius 3 is 2.70 bits per heavy atom. The molecule has 0 fully saturated rings. The number of carbonyl (C=O) groups excluding carboxylic acids is 1. The molecule has 0 saturated heterocycles. The van der Waals surface area contributed by atoms with Crippen molar-refractivity contribution in [3.05, 3.63) is 29.3 Å². The third-order valence-corrected chi connectivity index (χ3v) is 3.80. The van der Waals surface area contributed by atoms with E-state index >= 15 is 0 Å². The van der Waals surface area contributed by atoms with E-state index in [2.05, 4.69) is 9.97 Å². The van der Waals surface area contributed by atoms with Gasteiger partial charge < -0.3 is 9.90 Å². The van der Waals surface area contributed by atoms with Crippen LogP contribution in [0.25, 0.3) is 10.6 Å². The van der Waals surface area contributed by atoms with Gasteiger partial charge in [0.05, 0.1) is 16.5 Å². The standard InChI is InChI=1S/C11H7F3N2O2S2/c12-11(13,14)8-4-6(7-2-1-3-19-7)15-10(16-8)20-5-9(17)18/h1-4H,5H2,(H,17,18)/p-1. The van der Waals surface area contributed by atoms with Crippen molar-refractivity contribution in [2.45, 2.75) is 11.3 Å². The van der Waals surface area contributed by atoms with Gasteiger partial charge in [-0.25, -0.2) is 9.97 Å². The second-order valence-electron chi connectivity index (χ2n) is 3.56. The minimum absolute atomic E-state index is 0.114. The van der Waals surface area contributed by atoms with Gasteiger partial charge in [-0.1, -0.05) is 17.8 Å². The zero-order valence-electron chi connectivity index (χ0n) is 9.68. The summed E-state index contributed by atoms with van der Waals surface area (Å²) in [6, 6.07) is 4.15. The quantitative estimate of drug-likeness (QED) is 0.637. The summed E-state index contributed by atoms with van der Waals surface area (Å²) in [5.74, 6) is -1.90. The van der Waals surface area contributed by atoms with Crippen molar-refractivity contribution in [2.24, 2.45) is 0 Å². The Bertz CT molecular complexity index is 615. The van der Waals surface area contributed by atoms with E-state index in [0.29, 0.717) is 16.6 Å². The maximum atomic E-state index is 12.8. The number of nitrogens with zero attached hydrogens (tertiary/aromatic N) is 2. The fourth-order valence-electron chi connectivity index (χ4n) is 1.31. The van der Waals surface area contributed by atoms with Crippen molar-refractivity contribution < 1.29 is 23.1 Å². The summed E-state index contributed by atoms with van der Waals surface area (Å²) in [4.78, 5) is 18.2. The van der Waals surface area contributed by atoms with E-state index in [-0.39, 0.29) is 10.9 Å². The lowest BCUT2D eigenvalue weighted by Gasteiger charge is -2.09. The molecule has 2 aromatic heterocycles. The molecule has 2 heterocycles. The molecule has 0 N–H and O–H groups in total. The number of thiophene rings is 1. The van der Waals surface area contributed by atoms with Crippen LogP contribution in [0.2, 0.25) is 0 Å². The van der Waals surface area contributed by atoms with E-state index < -0.39 is 23.6 Å². The van der Waals surface area contributed by atoms with E-state index in [9.17, 15) is 23.1 Å². The molecule has 0 unspecified atom stereocenters. The molecule has 0 aliphatic carbocycles. The molecule has 0 amide bonds. The Balaban J connectivity index is 2.42. The van der Waals surface area contributed by atoms with Crippen LogP contribution < -0.4 is 5.11 Å². The van der Waals surface area contributed by atoms with Gasteiger partial charge >= 0.3 is 6.18 Å². The largest absolute Gasteiger partial charge is 0.549 e. The zero-order valence-corrected chi connectivity index (χ0v) is 11.3. The van der Waals surface area contributed by atoms with E-state index in [1.165, 1.54) is 11.3 Å². The second-order valence-corrected chi connectivity index (χ2v) is 5.45. The highest BCUT2D eigenvalue weighted by molar-refractivity contribution is 7.99. The number of aromatic nitrogens is 2. The number of carbonyl (C=O) groups is 1. The Labute approximate surface area is 119 Å². The third-order valence-electron chi connectivity index (χ3n) is 2.09. The Morgan fingerprint density at radius 2 is 2.15 bits per heavy atom. The topological polar surface area (TPSA) is 65.9 Å². The average Bonchev–Trinajstić information content (AvgIpc) is 2.89. The molecule has 20 heavy (non-hydrogen) atoms. The molecule has 9 heteroatoms. The maximum absolute atomic E-state index is 12.8. The third kappa shape index (κ3) is 3.70. The van der Waals surface area contributed by atoms with Gasteiger partial charge in [0.1, 0.15) is 5.69 Å². The predicted molar refractivity (Wildman–Crippen MR) is 66.1 cm³/mol. The lowest BCUT2D eigenvalue weighted by molar-refractivity contribution is -0.301. The van der Waals surface area contributed by atoms with Crippen LogP contribution in [0.15, 0.2) is 28.7 Å². The minimum Gasteiger partial charge on any atom is -0.549 e. The number of thioether (sulfide) groups is 1. The first-order valence-corrected chi connectivity index (χ1v) is 7.05. The van der Waals surface area contributed by atoms with Crippen LogP contribution in [-0.4, -0.2) is 21.7 Å². The lowest BCUT2D eigenvalue weighted by atomic mass is 10.3. The molecular weight excluding hydrogens is 313 g/mol. The summed E-state index contributed by atoms with van der Waals surface area (Å²) in [6.45, 7) is 0.